The molecule has 0 spiro atoms. The zero-order valence-corrected chi connectivity index (χ0v) is 13.5. The fourth-order valence-electron chi connectivity index (χ4n) is 1.79. The van der Waals surface area contributed by atoms with E-state index in [9.17, 15) is 4.79 Å². The molecule has 2 aromatic carbocycles. The monoisotopic (exact) mass is 348 g/mol. The summed E-state index contributed by atoms with van der Waals surface area (Å²) in [5.41, 5.74) is 8.02. The number of nitrogen functional groups attached to an aromatic ring is 1. The van der Waals surface area contributed by atoms with Crippen molar-refractivity contribution in [3.63, 3.8) is 0 Å². The number of rotatable bonds is 4. The fourth-order valence-corrected chi connectivity index (χ4v) is 2.06. The Hall–Kier alpha value is -2.01. The molecule has 0 aliphatic heterocycles. The van der Waals surface area contributed by atoms with Gasteiger partial charge in [0.1, 0.15) is 5.75 Å². The van der Waals surface area contributed by atoms with Gasteiger partial charge in [-0.1, -0.05) is 22.0 Å². The van der Waals surface area contributed by atoms with Gasteiger partial charge in [0.2, 0.25) is 0 Å². The maximum Gasteiger partial charge on any atom is 0.265 e. The Morgan fingerprint density at radius 1 is 1.24 bits per heavy atom. The second kappa shape index (κ2) is 6.63. The first-order valence-electron chi connectivity index (χ1n) is 6.55. The normalized spacial score (nSPS) is 11.8. The summed E-state index contributed by atoms with van der Waals surface area (Å²) in [5.74, 6) is 0.428. The van der Waals surface area contributed by atoms with Gasteiger partial charge >= 0.3 is 0 Å². The van der Waals surface area contributed by atoms with Crippen LogP contribution in [0.1, 0.15) is 12.5 Å². The van der Waals surface area contributed by atoms with Gasteiger partial charge < -0.3 is 15.8 Å². The number of benzene rings is 2. The highest BCUT2D eigenvalue weighted by Crippen LogP contribution is 2.21. The first kappa shape index (κ1) is 15.4. The lowest BCUT2D eigenvalue weighted by molar-refractivity contribution is -0.122. The highest BCUT2D eigenvalue weighted by atomic mass is 79.9. The number of carbonyl (C=O) groups excluding carboxylic acids is 1. The van der Waals surface area contributed by atoms with Crippen LogP contribution in [0.5, 0.6) is 5.75 Å². The number of halogens is 1. The van der Waals surface area contributed by atoms with Crippen LogP contribution in [-0.4, -0.2) is 12.0 Å². The van der Waals surface area contributed by atoms with E-state index in [-0.39, 0.29) is 5.91 Å². The van der Waals surface area contributed by atoms with Crippen molar-refractivity contribution in [1.82, 2.24) is 0 Å². The van der Waals surface area contributed by atoms with E-state index in [1.54, 1.807) is 31.2 Å². The number of hydrogen-bond acceptors (Lipinski definition) is 3. The first-order chi connectivity index (χ1) is 9.97. The molecule has 0 bridgehead atoms. The molecule has 5 heteroatoms. The molecule has 0 heterocycles. The predicted molar refractivity (Wildman–Crippen MR) is 88.5 cm³/mol. The number of carbonyl (C=O) groups is 1. The van der Waals surface area contributed by atoms with Crippen molar-refractivity contribution >= 4 is 33.2 Å². The van der Waals surface area contributed by atoms with E-state index >= 15 is 0 Å². The largest absolute Gasteiger partial charge is 0.481 e. The lowest BCUT2D eigenvalue weighted by Gasteiger charge is -2.16. The van der Waals surface area contributed by atoms with Gasteiger partial charge in [-0.2, -0.15) is 0 Å². The quantitative estimate of drug-likeness (QED) is 0.827. The molecule has 1 unspecified atom stereocenters. The Morgan fingerprint density at radius 3 is 2.57 bits per heavy atom. The molecule has 0 aliphatic carbocycles. The van der Waals surface area contributed by atoms with Crippen LogP contribution in [0.4, 0.5) is 11.4 Å². The maximum atomic E-state index is 12.2. The Kier molecular flexibility index (Phi) is 4.85. The Bertz CT molecular complexity index is 641. The summed E-state index contributed by atoms with van der Waals surface area (Å²) in [7, 11) is 0. The third kappa shape index (κ3) is 3.98. The van der Waals surface area contributed by atoms with Gasteiger partial charge in [-0.25, -0.2) is 0 Å². The average Bonchev–Trinajstić information content (AvgIpc) is 2.46. The lowest BCUT2D eigenvalue weighted by Crippen LogP contribution is -2.30. The minimum absolute atomic E-state index is 0.216. The summed E-state index contributed by atoms with van der Waals surface area (Å²) in [6.45, 7) is 3.57. The number of anilines is 2. The van der Waals surface area contributed by atoms with E-state index in [0.29, 0.717) is 17.1 Å². The standard InChI is InChI=1S/C16H17BrN2O2/c1-10-14(18)4-3-5-15(10)19-16(20)11(2)21-13-8-6-12(17)7-9-13/h3-9,11H,18H2,1-2H3,(H,19,20). The van der Waals surface area contributed by atoms with Crippen LogP contribution < -0.4 is 15.8 Å². The molecule has 2 rings (SSSR count). The Morgan fingerprint density at radius 2 is 1.90 bits per heavy atom. The summed E-state index contributed by atoms with van der Waals surface area (Å²) in [4.78, 5) is 12.2. The van der Waals surface area contributed by atoms with Gasteiger partial charge in [-0.05, 0) is 55.8 Å². The number of ether oxygens (including phenoxy) is 1. The molecule has 4 nitrogen and oxygen atoms in total. The van der Waals surface area contributed by atoms with Gasteiger partial charge in [-0.3, -0.25) is 4.79 Å². The Labute approximate surface area is 132 Å². The second-order valence-corrected chi connectivity index (χ2v) is 5.64. The summed E-state index contributed by atoms with van der Waals surface area (Å²) in [5, 5.41) is 2.83. The van der Waals surface area contributed by atoms with Crippen LogP contribution in [0, 0.1) is 6.92 Å². The molecule has 0 aromatic heterocycles. The Balaban J connectivity index is 2.02. The van der Waals surface area contributed by atoms with E-state index in [0.717, 1.165) is 10.0 Å². The molecule has 21 heavy (non-hydrogen) atoms. The molecule has 2 aromatic rings. The molecule has 0 fully saturated rings. The zero-order valence-electron chi connectivity index (χ0n) is 11.9. The maximum absolute atomic E-state index is 12.2. The summed E-state index contributed by atoms with van der Waals surface area (Å²) >= 11 is 3.35. The molecule has 0 saturated heterocycles. The van der Waals surface area contributed by atoms with Gasteiger partial charge in [0, 0.05) is 15.8 Å². The van der Waals surface area contributed by atoms with Crippen LogP contribution >= 0.6 is 15.9 Å². The predicted octanol–water partition coefficient (Wildman–Crippen LogP) is 3.75. The minimum Gasteiger partial charge on any atom is -0.481 e. The second-order valence-electron chi connectivity index (χ2n) is 4.72. The van der Waals surface area contributed by atoms with E-state index < -0.39 is 6.10 Å². The molecule has 0 aliphatic rings. The molecular formula is C16H17BrN2O2. The third-order valence-electron chi connectivity index (χ3n) is 3.13. The topological polar surface area (TPSA) is 64.3 Å². The van der Waals surface area contributed by atoms with Crippen LogP contribution in [0.3, 0.4) is 0 Å². The van der Waals surface area contributed by atoms with Crippen LogP contribution in [0.25, 0.3) is 0 Å². The highest BCUT2D eigenvalue weighted by Gasteiger charge is 2.16. The van der Waals surface area contributed by atoms with Crippen molar-refractivity contribution in [2.45, 2.75) is 20.0 Å². The smallest absolute Gasteiger partial charge is 0.265 e. The van der Waals surface area contributed by atoms with E-state index in [2.05, 4.69) is 21.2 Å². The summed E-state index contributed by atoms with van der Waals surface area (Å²) in [6, 6.07) is 12.8. The van der Waals surface area contributed by atoms with Crippen molar-refractivity contribution in [2.75, 3.05) is 11.1 Å². The third-order valence-corrected chi connectivity index (χ3v) is 3.66. The zero-order chi connectivity index (χ0) is 15.4. The molecule has 1 atom stereocenters. The van der Waals surface area contributed by atoms with Crippen molar-refractivity contribution in [2.24, 2.45) is 0 Å². The van der Waals surface area contributed by atoms with E-state index in [1.165, 1.54) is 0 Å². The van der Waals surface area contributed by atoms with Crippen molar-refractivity contribution in [3.05, 3.63) is 52.5 Å². The number of amides is 1. The molecule has 1 amide bonds. The van der Waals surface area contributed by atoms with Crippen LogP contribution in [0.2, 0.25) is 0 Å². The van der Waals surface area contributed by atoms with E-state index in [1.807, 2.05) is 25.1 Å². The molecule has 0 radical (unpaired) electrons. The van der Waals surface area contributed by atoms with Gasteiger partial charge in [-0.15, -0.1) is 0 Å². The highest BCUT2D eigenvalue weighted by molar-refractivity contribution is 9.10. The molecule has 0 saturated carbocycles. The molecule has 3 N–H and O–H groups in total. The van der Waals surface area contributed by atoms with Crippen molar-refractivity contribution in [3.8, 4) is 5.75 Å². The SMILES string of the molecule is Cc1c(N)cccc1NC(=O)C(C)Oc1ccc(Br)cc1. The lowest BCUT2D eigenvalue weighted by atomic mass is 10.1. The van der Waals surface area contributed by atoms with Crippen LogP contribution in [0.15, 0.2) is 46.9 Å². The molecular weight excluding hydrogens is 332 g/mol. The van der Waals surface area contributed by atoms with Gasteiger partial charge in [0.05, 0.1) is 0 Å². The average molecular weight is 349 g/mol. The molecule has 110 valence electrons. The van der Waals surface area contributed by atoms with Gasteiger partial charge in [0.15, 0.2) is 6.10 Å². The summed E-state index contributed by atoms with van der Waals surface area (Å²) in [6.07, 6.45) is -0.605. The van der Waals surface area contributed by atoms with Crippen LogP contribution in [-0.2, 0) is 4.79 Å². The number of hydrogen-bond donors (Lipinski definition) is 2. The van der Waals surface area contributed by atoms with Gasteiger partial charge in [0.25, 0.3) is 5.91 Å². The van der Waals surface area contributed by atoms with Crippen molar-refractivity contribution in [1.29, 1.82) is 0 Å². The fraction of sp³-hybridized carbons (Fsp3) is 0.188. The summed E-state index contributed by atoms with van der Waals surface area (Å²) < 4.78 is 6.57. The van der Waals surface area contributed by atoms with E-state index in [4.69, 9.17) is 10.5 Å². The minimum atomic E-state index is -0.605. The number of nitrogens with two attached hydrogens (primary N) is 1. The van der Waals surface area contributed by atoms with Crippen molar-refractivity contribution < 1.29 is 9.53 Å². The first-order valence-corrected chi connectivity index (χ1v) is 7.35. The number of nitrogens with one attached hydrogen (secondary N) is 1.